The highest BCUT2D eigenvalue weighted by molar-refractivity contribution is 7.14. The fourth-order valence-electron chi connectivity index (χ4n) is 2.03. The Kier molecular flexibility index (Phi) is 6.55. The molecule has 1 unspecified atom stereocenters. The summed E-state index contributed by atoms with van der Waals surface area (Å²) in [6, 6.07) is 7.85. The minimum Gasteiger partial charge on any atom is -0.494 e. The maximum atomic E-state index is 12.0. The lowest BCUT2D eigenvalue weighted by Gasteiger charge is -2.09. The first-order valence-electron chi connectivity index (χ1n) is 7.78. The van der Waals surface area contributed by atoms with E-state index >= 15 is 0 Å². The number of aromatic nitrogens is 1. The first kappa shape index (κ1) is 17.4. The van der Waals surface area contributed by atoms with Gasteiger partial charge in [-0.1, -0.05) is 13.8 Å². The number of amides is 1. The lowest BCUT2D eigenvalue weighted by molar-refractivity contribution is -0.119. The van der Waals surface area contributed by atoms with Crippen LogP contribution in [0.25, 0.3) is 11.3 Å². The molecule has 1 atom stereocenters. The molecule has 2 N–H and O–H groups in total. The highest BCUT2D eigenvalue weighted by Gasteiger charge is 2.14. The number of rotatable bonds is 8. The molecule has 0 saturated heterocycles. The summed E-state index contributed by atoms with van der Waals surface area (Å²) in [7, 11) is 1.83. The van der Waals surface area contributed by atoms with Crippen LogP contribution in [0.15, 0.2) is 29.6 Å². The van der Waals surface area contributed by atoms with Gasteiger partial charge >= 0.3 is 0 Å². The lowest BCUT2D eigenvalue weighted by atomic mass is 10.1. The number of carbonyl (C=O) groups is 1. The number of ether oxygens (including phenoxy) is 1. The number of thiazole rings is 1. The molecule has 0 aliphatic carbocycles. The summed E-state index contributed by atoms with van der Waals surface area (Å²) >= 11 is 1.43. The predicted octanol–water partition coefficient (Wildman–Crippen LogP) is 3.39. The summed E-state index contributed by atoms with van der Waals surface area (Å²) in [4.78, 5) is 16.5. The molecule has 0 spiro atoms. The fraction of sp³-hybridized carbons (Fsp3) is 0.412. The molecule has 1 heterocycles. The van der Waals surface area contributed by atoms with Crippen molar-refractivity contribution in [2.75, 3.05) is 25.5 Å². The molecule has 23 heavy (non-hydrogen) atoms. The molecule has 1 amide bonds. The second-order valence-electron chi connectivity index (χ2n) is 5.36. The molecule has 0 aliphatic rings. The molecule has 1 aromatic carbocycles. The molecule has 5 nitrogen and oxygen atoms in total. The van der Waals surface area contributed by atoms with Crippen LogP contribution in [-0.2, 0) is 4.79 Å². The van der Waals surface area contributed by atoms with E-state index in [-0.39, 0.29) is 11.8 Å². The van der Waals surface area contributed by atoms with Gasteiger partial charge in [-0.25, -0.2) is 4.98 Å². The van der Waals surface area contributed by atoms with Crippen molar-refractivity contribution in [3.8, 4) is 17.0 Å². The van der Waals surface area contributed by atoms with Crippen molar-refractivity contribution in [1.82, 2.24) is 10.3 Å². The molecule has 6 heteroatoms. The molecule has 2 aromatic rings. The topological polar surface area (TPSA) is 63.2 Å². The number of benzene rings is 1. The Bertz CT molecular complexity index is 625. The van der Waals surface area contributed by atoms with E-state index in [4.69, 9.17) is 4.74 Å². The van der Waals surface area contributed by atoms with Gasteiger partial charge < -0.3 is 15.4 Å². The van der Waals surface area contributed by atoms with E-state index in [1.54, 1.807) is 0 Å². The SMILES string of the molecule is CCCOc1ccc(-c2csc(NC(=O)C(C)CNC)n2)cc1. The van der Waals surface area contributed by atoms with Crippen LogP contribution in [0.3, 0.4) is 0 Å². The van der Waals surface area contributed by atoms with Crippen molar-refractivity contribution < 1.29 is 9.53 Å². The van der Waals surface area contributed by atoms with Crippen LogP contribution in [0.1, 0.15) is 20.3 Å². The molecule has 0 saturated carbocycles. The average Bonchev–Trinajstić information content (AvgIpc) is 3.02. The summed E-state index contributed by atoms with van der Waals surface area (Å²) in [5.74, 6) is 0.742. The van der Waals surface area contributed by atoms with E-state index in [9.17, 15) is 4.79 Å². The minimum atomic E-state index is -0.0950. The zero-order valence-corrected chi connectivity index (χ0v) is 14.6. The molecule has 2 rings (SSSR count). The molecular formula is C17H23N3O2S. The third kappa shape index (κ3) is 5.04. The number of anilines is 1. The highest BCUT2D eigenvalue weighted by Crippen LogP contribution is 2.26. The van der Waals surface area contributed by atoms with Crippen molar-refractivity contribution in [2.45, 2.75) is 20.3 Å². The highest BCUT2D eigenvalue weighted by atomic mass is 32.1. The van der Waals surface area contributed by atoms with Gasteiger partial charge in [-0.05, 0) is 37.7 Å². The number of nitrogens with one attached hydrogen (secondary N) is 2. The van der Waals surface area contributed by atoms with Crippen molar-refractivity contribution >= 4 is 22.4 Å². The maximum Gasteiger partial charge on any atom is 0.230 e. The van der Waals surface area contributed by atoms with Gasteiger partial charge in [-0.3, -0.25) is 4.79 Å². The van der Waals surface area contributed by atoms with E-state index in [0.29, 0.717) is 11.7 Å². The average molecular weight is 333 g/mol. The van der Waals surface area contributed by atoms with Crippen LogP contribution >= 0.6 is 11.3 Å². The molecule has 0 bridgehead atoms. The second kappa shape index (κ2) is 8.64. The number of carbonyl (C=O) groups excluding carboxylic acids is 1. The van der Waals surface area contributed by atoms with E-state index in [0.717, 1.165) is 30.0 Å². The van der Waals surface area contributed by atoms with Crippen LogP contribution in [0.4, 0.5) is 5.13 Å². The lowest BCUT2D eigenvalue weighted by Crippen LogP contribution is -2.28. The largest absolute Gasteiger partial charge is 0.494 e. The smallest absolute Gasteiger partial charge is 0.230 e. The molecule has 124 valence electrons. The Balaban J connectivity index is 2.00. The van der Waals surface area contributed by atoms with Crippen LogP contribution < -0.4 is 15.4 Å². The number of hydrogen-bond acceptors (Lipinski definition) is 5. The Morgan fingerprint density at radius 3 is 2.74 bits per heavy atom. The summed E-state index contributed by atoms with van der Waals surface area (Å²) in [6.45, 7) is 5.33. The Labute approximate surface area is 141 Å². The fourth-order valence-corrected chi connectivity index (χ4v) is 2.76. The number of hydrogen-bond donors (Lipinski definition) is 2. The van der Waals surface area contributed by atoms with Gasteiger partial charge in [0.1, 0.15) is 5.75 Å². The van der Waals surface area contributed by atoms with Gasteiger partial charge in [0, 0.05) is 23.4 Å². The number of nitrogens with zero attached hydrogens (tertiary/aromatic N) is 1. The van der Waals surface area contributed by atoms with Gasteiger partial charge in [0.05, 0.1) is 12.3 Å². The summed E-state index contributed by atoms with van der Waals surface area (Å²) in [5, 5.41) is 8.42. The Morgan fingerprint density at radius 2 is 2.09 bits per heavy atom. The monoisotopic (exact) mass is 333 g/mol. The van der Waals surface area contributed by atoms with Crippen LogP contribution in [0.2, 0.25) is 0 Å². The van der Waals surface area contributed by atoms with E-state index in [2.05, 4.69) is 22.5 Å². The third-order valence-corrected chi connectivity index (χ3v) is 4.07. The molecule has 1 aromatic heterocycles. The normalized spacial score (nSPS) is 12.0. The van der Waals surface area contributed by atoms with Crippen molar-refractivity contribution in [3.63, 3.8) is 0 Å². The van der Waals surface area contributed by atoms with Crippen LogP contribution in [0, 0.1) is 5.92 Å². The minimum absolute atomic E-state index is 0.0245. The van der Waals surface area contributed by atoms with Crippen molar-refractivity contribution in [1.29, 1.82) is 0 Å². The van der Waals surface area contributed by atoms with Gasteiger partial charge in [0.2, 0.25) is 5.91 Å². The third-order valence-electron chi connectivity index (χ3n) is 3.32. The summed E-state index contributed by atoms with van der Waals surface area (Å²) in [6.07, 6.45) is 0.989. The quantitative estimate of drug-likeness (QED) is 0.777. The standard InChI is InChI=1S/C17H23N3O2S/c1-4-9-22-14-7-5-13(6-8-14)15-11-23-17(19-15)20-16(21)12(2)10-18-3/h5-8,11-12,18H,4,9-10H2,1-3H3,(H,19,20,21). The Hall–Kier alpha value is -1.92. The van der Waals surface area contributed by atoms with Crippen LogP contribution in [-0.4, -0.2) is 31.1 Å². The summed E-state index contributed by atoms with van der Waals surface area (Å²) < 4.78 is 5.57. The van der Waals surface area contributed by atoms with Crippen LogP contribution in [0.5, 0.6) is 5.75 Å². The van der Waals surface area contributed by atoms with E-state index < -0.39 is 0 Å². The first-order chi connectivity index (χ1) is 11.1. The van der Waals surface area contributed by atoms with Crippen molar-refractivity contribution in [2.24, 2.45) is 5.92 Å². The van der Waals surface area contributed by atoms with Gasteiger partial charge in [0.25, 0.3) is 0 Å². The van der Waals surface area contributed by atoms with Crippen molar-refractivity contribution in [3.05, 3.63) is 29.6 Å². The van der Waals surface area contributed by atoms with Gasteiger partial charge in [0.15, 0.2) is 5.13 Å². The zero-order valence-electron chi connectivity index (χ0n) is 13.8. The second-order valence-corrected chi connectivity index (χ2v) is 6.22. The molecular weight excluding hydrogens is 310 g/mol. The predicted molar refractivity (Wildman–Crippen MR) is 95.1 cm³/mol. The summed E-state index contributed by atoms with van der Waals surface area (Å²) in [5.41, 5.74) is 1.86. The van der Waals surface area contributed by atoms with E-state index in [1.807, 2.05) is 43.6 Å². The zero-order chi connectivity index (χ0) is 16.7. The van der Waals surface area contributed by atoms with E-state index in [1.165, 1.54) is 11.3 Å². The Morgan fingerprint density at radius 1 is 1.35 bits per heavy atom. The van der Waals surface area contributed by atoms with Gasteiger partial charge in [-0.2, -0.15) is 0 Å². The molecule has 0 fully saturated rings. The first-order valence-corrected chi connectivity index (χ1v) is 8.66. The van der Waals surface area contributed by atoms with Gasteiger partial charge in [-0.15, -0.1) is 11.3 Å². The maximum absolute atomic E-state index is 12.0. The molecule has 0 radical (unpaired) electrons. The molecule has 0 aliphatic heterocycles.